The van der Waals surface area contributed by atoms with Crippen LogP contribution in [0.2, 0.25) is 0 Å². The number of fused-ring (bicyclic) bond motifs is 1. The molecule has 0 aliphatic rings. The van der Waals surface area contributed by atoms with E-state index in [2.05, 4.69) is 15.3 Å². The summed E-state index contributed by atoms with van der Waals surface area (Å²) in [7, 11) is 0. The highest BCUT2D eigenvalue weighted by Gasteiger charge is 2.04. The molecule has 6 heteroatoms. The monoisotopic (exact) mass is 215 g/mol. The van der Waals surface area contributed by atoms with Gasteiger partial charge in [0.1, 0.15) is 11.0 Å². The molecule has 2 aromatic heterocycles. The van der Waals surface area contributed by atoms with Gasteiger partial charge in [-0.1, -0.05) is 10.9 Å². The van der Waals surface area contributed by atoms with Gasteiger partial charge in [-0.25, -0.2) is 4.98 Å². The van der Waals surface area contributed by atoms with Gasteiger partial charge in [0, 0.05) is 18.9 Å². The van der Waals surface area contributed by atoms with Gasteiger partial charge in [-0.15, -0.1) is 5.10 Å². The molecule has 0 fully saturated rings. The Morgan fingerprint density at radius 2 is 2.25 bits per heavy atom. The number of aromatic nitrogens is 5. The Balaban J connectivity index is 1.99. The molecular weight excluding hydrogens is 206 g/mol. The van der Waals surface area contributed by atoms with E-state index in [0.717, 1.165) is 17.0 Å². The fourth-order valence-corrected chi connectivity index (χ4v) is 1.65. The molecule has 1 N–H and O–H groups in total. The second-order valence-electron chi connectivity index (χ2n) is 3.54. The van der Waals surface area contributed by atoms with E-state index in [9.17, 15) is 5.21 Å². The van der Waals surface area contributed by atoms with Crippen LogP contribution in [0.5, 0.6) is 0 Å². The normalized spacial score (nSPS) is 11.0. The van der Waals surface area contributed by atoms with Crippen LogP contribution in [-0.2, 0) is 6.54 Å². The summed E-state index contributed by atoms with van der Waals surface area (Å²) in [6, 6.07) is 5.62. The average molecular weight is 215 g/mol. The van der Waals surface area contributed by atoms with E-state index in [1.807, 2.05) is 22.9 Å². The SMILES string of the molecule is On1nnc2cc(Cn3ccnc3)ccc21. The standard InChI is InChI=1S/C10H9N5O/c16-15-10-2-1-8(5-9(10)12-13-15)6-14-4-3-11-7-14/h1-5,7,16H,6H2. The number of hydrogen-bond donors (Lipinski definition) is 1. The molecule has 3 rings (SSSR count). The maximum absolute atomic E-state index is 9.29. The average Bonchev–Trinajstić information content (AvgIpc) is 2.90. The molecule has 0 bridgehead atoms. The van der Waals surface area contributed by atoms with Crippen LogP contribution in [0.4, 0.5) is 0 Å². The summed E-state index contributed by atoms with van der Waals surface area (Å²) in [5.74, 6) is 0. The van der Waals surface area contributed by atoms with Crippen LogP contribution < -0.4 is 0 Å². The first-order valence-corrected chi connectivity index (χ1v) is 4.82. The van der Waals surface area contributed by atoms with Crippen LogP contribution in [0.15, 0.2) is 36.9 Å². The zero-order valence-electron chi connectivity index (χ0n) is 8.35. The molecular formula is C10H9N5O. The van der Waals surface area contributed by atoms with Gasteiger partial charge in [0.25, 0.3) is 0 Å². The first-order valence-electron chi connectivity index (χ1n) is 4.82. The van der Waals surface area contributed by atoms with Crippen molar-refractivity contribution in [3.63, 3.8) is 0 Å². The van der Waals surface area contributed by atoms with E-state index in [-0.39, 0.29) is 0 Å². The van der Waals surface area contributed by atoms with Gasteiger partial charge in [-0.05, 0) is 22.9 Å². The Morgan fingerprint density at radius 3 is 3.06 bits per heavy atom. The van der Waals surface area contributed by atoms with Crippen molar-refractivity contribution in [1.29, 1.82) is 0 Å². The molecule has 3 aromatic rings. The molecule has 80 valence electrons. The lowest BCUT2D eigenvalue weighted by atomic mass is 10.2. The Kier molecular flexibility index (Phi) is 1.86. The molecule has 0 radical (unpaired) electrons. The van der Waals surface area contributed by atoms with E-state index in [4.69, 9.17) is 0 Å². The van der Waals surface area contributed by atoms with Crippen LogP contribution in [-0.4, -0.2) is 29.9 Å². The van der Waals surface area contributed by atoms with Gasteiger partial charge >= 0.3 is 0 Å². The number of nitrogens with zero attached hydrogens (tertiary/aromatic N) is 5. The van der Waals surface area contributed by atoms with Gasteiger partial charge in [-0.2, -0.15) is 0 Å². The molecule has 16 heavy (non-hydrogen) atoms. The molecule has 0 saturated carbocycles. The van der Waals surface area contributed by atoms with Crippen molar-refractivity contribution in [2.45, 2.75) is 6.54 Å². The lowest BCUT2D eigenvalue weighted by molar-refractivity contribution is 0.155. The minimum absolute atomic E-state index is 0.606. The quantitative estimate of drug-likeness (QED) is 0.645. The lowest BCUT2D eigenvalue weighted by Crippen LogP contribution is -1.96. The van der Waals surface area contributed by atoms with Gasteiger partial charge in [-0.3, -0.25) is 0 Å². The number of rotatable bonds is 2. The number of hydrogen-bond acceptors (Lipinski definition) is 4. The van der Waals surface area contributed by atoms with Crippen LogP contribution in [0.1, 0.15) is 5.56 Å². The van der Waals surface area contributed by atoms with Crippen molar-refractivity contribution >= 4 is 11.0 Å². The summed E-state index contributed by atoms with van der Waals surface area (Å²) in [4.78, 5) is 4.75. The summed E-state index contributed by atoms with van der Waals surface area (Å²) in [6.45, 7) is 0.730. The van der Waals surface area contributed by atoms with Gasteiger partial charge in [0.05, 0.1) is 6.33 Å². The third-order valence-corrected chi connectivity index (χ3v) is 2.42. The van der Waals surface area contributed by atoms with E-state index < -0.39 is 0 Å². The summed E-state index contributed by atoms with van der Waals surface area (Å²) in [5.41, 5.74) is 2.38. The van der Waals surface area contributed by atoms with Crippen LogP contribution in [0, 0.1) is 0 Å². The third kappa shape index (κ3) is 1.40. The first-order chi connectivity index (χ1) is 7.83. The smallest absolute Gasteiger partial charge is 0.130 e. The lowest BCUT2D eigenvalue weighted by Gasteiger charge is -2.01. The van der Waals surface area contributed by atoms with Crippen LogP contribution in [0.3, 0.4) is 0 Å². The van der Waals surface area contributed by atoms with Crippen molar-refractivity contribution in [3.8, 4) is 0 Å². The molecule has 0 atom stereocenters. The van der Waals surface area contributed by atoms with Crippen molar-refractivity contribution in [2.75, 3.05) is 0 Å². The van der Waals surface area contributed by atoms with E-state index in [1.165, 1.54) is 0 Å². The van der Waals surface area contributed by atoms with Crippen molar-refractivity contribution in [1.82, 2.24) is 24.7 Å². The summed E-state index contributed by atoms with van der Waals surface area (Å²) < 4.78 is 1.96. The second-order valence-corrected chi connectivity index (χ2v) is 3.54. The van der Waals surface area contributed by atoms with Crippen LogP contribution >= 0.6 is 0 Å². The molecule has 1 aromatic carbocycles. The first kappa shape index (κ1) is 8.90. The zero-order valence-corrected chi connectivity index (χ0v) is 8.35. The highest BCUT2D eigenvalue weighted by atomic mass is 16.5. The fraction of sp³-hybridized carbons (Fsp3) is 0.100. The van der Waals surface area contributed by atoms with Crippen LogP contribution in [0.25, 0.3) is 11.0 Å². The minimum Gasteiger partial charge on any atom is -0.410 e. The molecule has 2 heterocycles. The maximum atomic E-state index is 9.29. The molecule has 0 saturated heterocycles. The summed E-state index contributed by atoms with van der Waals surface area (Å²) in [6.07, 6.45) is 5.39. The van der Waals surface area contributed by atoms with E-state index in [1.54, 1.807) is 18.6 Å². The Labute approximate surface area is 90.7 Å². The fourth-order valence-electron chi connectivity index (χ4n) is 1.65. The maximum Gasteiger partial charge on any atom is 0.130 e. The minimum atomic E-state index is 0.606. The molecule has 0 unspecified atom stereocenters. The van der Waals surface area contributed by atoms with Crippen molar-refractivity contribution in [2.24, 2.45) is 0 Å². The topological polar surface area (TPSA) is 68.8 Å². The predicted octanol–water partition coefficient (Wildman–Crippen LogP) is 0.913. The molecule has 0 aliphatic carbocycles. The Hall–Kier alpha value is -2.37. The van der Waals surface area contributed by atoms with Crippen molar-refractivity contribution < 1.29 is 5.21 Å². The zero-order chi connectivity index (χ0) is 11.0. The largest absolute Gasteiger partial charge is 0.410 e. The molecule has 6 nitrogen and oxygen atoms in total. The summed E-state index contributed by atoms with van der Waals surface area (Å²) >= 11 is 0. The molecule has 0 spiro atoms. The highest BCUT2D eigenvalue weighted by Crippen LogP contribution is 2.13. The van der Waals surface area contributed by atoms with E-state index >= 15 is 0 Å². The third-order valence-electron chi connectivity index (χ3n) is 2.42. The number of imidazole rings is 1. The highest BCUT2D eigenvalue weighted by molar-refractivity contribution is 5.74. The summed E-state index contributed by atoms with van der Waals surface area (Å²) in [5, 5.41) is 16.7. The molecule has 0 aliphatic heterocycles. The van der Waals surface area contributed by atoms with Gasteiger partial charge in [0.2, 0.25) is 0 Å². The number of benzene rings is 1. The van der Waals surface area contributed by atoms with E-state index in [0.29, 0.717) is 11.0 Å². The predicted molar refractivity (Wildman–Crippen MR) is 56.0 cm³/mol. The Bertz CT molecular complexity index is 613. The van der Waals surface area contributed by atoms with Crippen molar-refractivity contribution in [3.05, 3.63) is 42.5 Å². The van der Waals surface area contributed by atoms with Gasteiger partial charge in [0.15, 0.2) is 0 Å². The Morgan fingerprint density at radius 1 is 1.31 bits per heavy atom. The van der Waals surface area contributed by atoms with Gasteiger partial charge < -0.3 is 9.77 Å². The molecule has 0 amide bonds. The second kappa shape index (κ2) is 3.34.